The van der Waals surface area contributed by atoms with Gasteiger partial charge in [0.25, 0.3) is 0 Å². The van der Waals surface area contributed by atoms with Crippen molar-refractivity contribution in [3.05, 3.63) is 50.8 Å². The van der Waals surface area contributed by atoms with Crippen LogP contribution in [0.25, 0.3) is 22.3 Å². The summed E-state index contributed by atoms with van der Waals surface area (Å²) in [4.78, 5) is 19.5. The number of nitrogens with two attached hydrogens (primary N) is 1. The first-order valence-corrected chi connectivity index (χ1v) is 13.3. The third kappa shape index (κ3) is 5.92. The van der Waals surface area contributed by atoms with Gasteiger partial charge in [-0.2, -0.15) is 18.2 Å². The lowest BCUT2D eigenvalue weighted by molar-refractivity contribution is -0.161. The summed E-state index contributed by atoms with van der Waals surface area (Å²) in [5.74, 6) is -0.958. The largest absolute Gasteiger partial charge is 0.407 e. The Morgan fingerprint density at radius 3 is 2.50 bits per heavy atom. The Hall–Kier alpha value is -2.43. The first-order valence-electron chi connectivity index (χ1n) is 12.9. The van der Waals surface area contributed by atoms with Gasteiger partial charge in [0.15, 0.2) is 5.82 Å². The van der Waals surface area contributed by atoms with E-state index >= 15 is 4.39 Å². The Balaban J connectivity index is 1.86. The van der Waals surface area contributed by atoms with Crippen LogP contribution in [0.1, 0.15) is 77.0 Å². The van der Waals surface area contributed by atoms with Crippen molar-refractivity contribution in [3.8, 4) is 11.3 Å². The van der Waals surface area contributed by atoms with Gasteiger partial charge in [0.05, 0.1) is 10.7 Å². The van der Waals surface area contributed by atoms with Gasteiger partial charge in [-0.3, -0.25) is 9.88 Å². The van der Waals surface area contributed by atoms with Crippen LogP contribution in [0.2, 0.25) is 5.02 Å². The maximum atomic E-state index is 15.8. The molecular formula is C27H34ClF4N5O. The van der Waals surface area contributed by atoms with Crippen LogP contribution in [0.3, 0.4) is 0 Å². The minimum atomic E-state index is -4.67. The maximum absolute atomic E-state index is 15.8. The van der Waals surface area contributed by atoms with Crippen LogP contribution < -0.4 is 16.7 Å². The Morgan fingerprint density at radius 1 is 1.26 bits per heavy atom. The number of halogens is 5. The molecule has 0 radical (unpaired) electrons. The van der Waals surface area contributed by atoms with Gasteiger partial charge in [0.1, 0.15) is 11.7 Å². The minimum Gasteiger partial charge on any atom is -0.339 e. The van der Waals surface area contributed by atoms with Gasteiger partial charge in [-0.25, -0.2) is 9.18 Å². The number of aromatic amines is 1. The molecule has 1 fully saturated rings. The molecule has 1 aliphatic rings. The molecule has 2 atom stereocenters. The molecule has 3 aromatic rings. The van der Waals surface area contributed by atoms with Crippen LogP contribution in [-0.2, 0) is 12.0 Å². The molecule has 0 saturated heterocycles. The highest BCUT2D eigenvalue weighted by Crippen LogP contribution is 2.43. The number of H-pyrrole nitrogens is 1. The van der Waals surface area contributed by atoms with Crippen molar-refractivity contribution in [1.29, 1.82) is 0 Å². The van der Waals surface area contributed by atoms with Gasteiger partial charge >= 0.3 is 11.9 Å². The highest BCUT2D eigenvalue weighted by molar-refractivity contribution is 6.32. The van der Waals surface area contributed by atoms with Crippen LogP contribution in [0.4, 0.5) is 17.6 Å². The fraction of sp³-hybridized carbons (Fsp3) is 0.556. The minimum absolute atomic E-state index is 0.0203. The van der Waals surface area contributed by atoms with Crippen molar-refractivity contribution >= 4 is 22.6 Å². The van der Waals surface area contributed by atoms with Crippen molar-refractivity contribution in [3.63, 3.8) is 0 Å². The van der Waals surface area contributed by atoms with E-state index in [9.17, 15) is 18.0 Å². The van der Waals surface area contributed by atoms with E-state index in [4.69, 9.17) is 17.3 Å². The van der Waals surface area contributed by atoms with Crippen molar-refractivity contribution in [2.24, 2.45) is 5.73 Å². The van der Waals surface area contributed by atoms with E-state index < -0.39 is 34.3 Å². The number of aryl methyl sites for hydroxylation is 1. The number of nitrogens with one attached hydrogen (secondary N) is 2. The van der Waals surface area contributed by atoms with Gasteiger partial charge in [0.2, 0.25) is 0 Å². The number of rotatable bonds is 8. The summed E-state index contributed by atoms with van der Waals surface area (Å²) in [7, 11) is 0. The fourth-order valence-corrected chi connectivity index (χ4v) is 5.13. The Bertz CT molecular complexity index is 1370. The van der Waals surface area contributed by atoms with E-state index in [0.717, 1.165) is 6.42 Å². The molecule has 38 heavy (non-hydrogen) atoms. The lowest BCUT2D eigenvalue weighted by Gasteiger charge is -2.34. The van der Waals surface area contributed by atoms with Crippen LogP contribution >= 0.6 is 11.6 Å². The van der Waals surface area contributed by atoms with E-state index in [1.165, 1.54) is 10.6 Å². The third-order valence-electron chi connectivity index (χ3n) is 7.08. The molecule has 4 rings (SSSR count). The predicted octanol–water partition coefficient (Wildman–Crippen LogP) is 6.35. The molecule has 0 spiro atoms. The first kappa shape index (κ1) is 28.6. The number of hydrogen-bond acceptors (Lipinski definition) is 4. The molecule has 1 unspecified atom stereocenters. The summed E-state index contributed by atoms with van der Waals surface area (Å²) in [6, 6.07) is 0.536. The van der Waals surface area contributed by atoms with Crippen molar-refractivity contribution < 1.29 is 17.6 Å². The van der Waals surface area contributed by atoms with Gasteiger partial charge in [-0.05, 0) is 77.5 Å². The first-order chi connectivity index (χ1) is 17.7. The average molecular weight is 556 g/mol. The molecular weight excluding hydrogens is 522 g/mol. The normalized spacial score (nSPS) is 16.6. The summed E-state index contributed by atoms with van der Waals surface area (Å²) in [6.45, 7) is 7.40. The highest BCUT2D eigenvalue weighted by atomic mass is 35.5. The molecule has 2 heterocycles. The van der Waals surface area contributed by atoms with Crippen molar-refractivity contribution in [2.45, 2.75) is 96.1 Å². The fourth-order valence-electron chi connectivity index (χ4n) is 4.79. The summed E-state index contributed by atoms with van der Waals surface area (Å²) in [5.41, 5.74) is 5.44. The SMILES string of the molecule is C[C@H](N)CCCc1cc(-c2cc3cn(C(C)(C)C)c(=O)nc3[nH]2)c(F)c(Cl)c1C(NC1CCC1)C(F)(F)F. The van der Waals surface area contributed by atoms with Gasteiger partial charge < -0.3 is 10.7 Å². The molecule has 2 aromatic heterocycles. The Morgan fingerprint density at radius 2 is 1.95 bits per heavy atom. The second kappa shape index (κ2) is 10.6. The smallest absolute Gasteiger partial charge is 0.339 e. The van der Waals surface area contributed by atoms with E-state index in [2.05, 4.69) is 15.3 Å². The lowest BCUT2D eigenvalue weighted by atomic mass is 9.88. The molecule has 4 N–H and O–H groups in total. The lowest BCUT2D eigenvalue weighted by Crippen LogP contribution is -2.44. The Kier molecular flexibility index (Phi) is 7.99. The second-order valence-corrected chi connectivity index (χ2v) is 11.7. The zero-order chi connectivity index (χ0) is 28.0. The highest BCUT2D eigenvalue weighted by Gasteiger charge is 2.45. The maximum Gasteiger partial charge on any atom is 0.407 e. The topological polar surface area (TPSA) is 88.7 Å². The molecule has 0 bridgehead atoms. The monoisotopic (exact) mass is 555 g/mol. The number of hydrogen-bond donors (Lipinski definition) is 3. The van der Waals surface area contributed by atoms with E-state index in [0.29, 0.717) is 36.6 Å². The molecule has 11 heteroatoms. The second-order valence-electron chi connectivity index (χ2n) is 11.3. The number of alkyl halides is 3. The van der Waals surface area contributed by atoms with Crippen LogP contribution in [0, 0.1) is 5.82 Å². The molecule has 0 aliphatic heterocycles. The summed E-state index contributed by atoms with van der Waals surface area (Å²) < 4.78 is 60.1. The number of nitrogens with zero attached hydrogens (tertiary/aromatic N) is 2. The van der Waals surface area contributed by atoms with Crippen LogP contribution in [-0.4, -0.2) is 32.8 Å². The van der Waals surface area contributed by atoms with E-state index in [1.54, 1.807) is 12.3 Å². The molecule has 208 valence electrons. The third-order valence-corrected chi connectivity index (χ3v) is 7.45. The number of fused-ring (bicyclic) bond motifs is 1. The molecule has 0 amide bonds. The molecule has 1 aliphatic carbocycles. The predicted molar refractivity (Wildman–Crippen MR) is 142 cm³/mol. The van der Waals surface area contributed by atoms with Gasteiger partial charge in [0, 0.05) is 40.3 Å². The average Bonchev–Trinajstić information content (AvgIpc) is 3.16. The van der Waals surface area contributed by atoms with E-state index in [-0.39, 0.29) is 41.0 Å². The quantitative estimate of drug-likeness (QED) is 0.282. The zero-order valence-electron chi connectivity index (χ0n) is 22.0. The van der Waals surface area contributed by atoms with E-state index in [1.807, 2.05) is 27.7 Å². The summed E-state index contributed by atoms with van der Waals surface area (Å²) >= 11 is 6.43. The van der Waals surface area contributed by atoms with Crippen LogP contribution in [0.5, 0.6) is 0 Å². The van der Waals surface area contributed by atoms with Crippen molar-refractivity contribution in [2.75, 3.05) is 0 Å². The van der Waals surface area contributed by atoms with Gasteiger partial charge in [-0.1, -0.05) is 18.0 Å². The molecule has 1 saturated carbocycles. The molecule has 1 aromatic carbocycles. The number of benzene rings is 1. The number of aromatic nitrogens is 3. The van der Waals surface area contributed by atoms with Crippen LogP contribution in [0.15, 0.2) is 23.1 Å². The van der Waals surface area contributed by atoms with Crippen molar-refractivity contribution in [1.82, 2.24) is 19.9 Å². The van der Waals surface area contributed by atoms with Gasteiger partial charge in [-0.15, -0.1) is 0 Å². The summed E-state index contributed by atoms with van der Waals surface area (Å²) in [6.07, 6.45) is 0.413. The Labute approximate surface area is 224 Å². The molecule has 6 nitrogen and oxygen atoms in total. The standard InChI is InChI=1S/C27H34ClF4N5O/c1-14(33)7-5-8-15-11-18(19-12-16-13-37(26(2,3)4)25(38)36-24(16)35-19)22(29)21(28)20(15)23(27(30,31)32)34-17-9-6-10-17/h11-14,17,23,34H,5-10,33H2,1-4H3,(H,35,36,38)/t14-,23?/m0/s1. The summed E-state index contributed by atoms with van der Waals surface area (Å²) in [5, 5.41) is 2.67. The zero-order valence-corrected chi connectivity index (χ0v) is 22.7.